The second kappa shape index (κ2) is 6.19. The number of hydrogen-bond acceptors (Lipinski definition) is 7. The monoisotopic (exact) mass is 339 g/mol. The van der Waals surface area contributed by atoms with Crippen LogP contribution in [-0.2, 0) is 9.59 Å². The van der Waals surface area contributed by atoms with Crippen molar-refractivity contribution in [2.24, 2.45) is 5.10 Å². The maximum Gasteiger partial charge on any atom is 0.275 e. The zero-order chi connectivity index (χ0) is 18.1. The zero-order valence-corrected chi connectivity index (χ0v) is 14.1. The van der Waals surface area contributed by atoms with E-state index in [0.29, 0.717) is 28.4 Å². The number of hydrazine groups is 1. The lowest BCUT2D eigenvalue weighted by atomic mass is 10.3. The van der Waals surface area contributed by atoms with E-state index >= 15 is 0 Å². The van der Waals surface area contributed by atoms with Gasteiger partial charge in [0.15, 0.2) is 11.6 Å². The molecule has 128 valence electrons. The predicted octanol–water partition coefficient (Wildman–Crippen LogP) is 1.28. The maximum atomic E-state index is 12.1. The molecule has 3 heterocycles. The van der Waals surface area contributed by atoms with Crippen LogP contribution in [0.4, 0.5) is 5.82 Å². The van der Waals surface area contributed by atoms with Crippen molar-refractivity contribution in [1.82, 2.24) is 24.6 Å². The molecule has 1 aliphatic rings. The number of hydrazone groups is 1. The number of amides is 2. The first kappa shape index (κ1) is 16.4. The number of allylic oxidation sites excluding steroid dienone is 1. The van der Waals surface area contributed by atoms with E-state index < -0.39 is 11.8 Å². The summed E-state index contributed by atoms with van der Waals surface area (Å²) in [5.74, 6) is -0.154. The van der Waals surface area contributed by atoms with E-state index in [9.17, 15) is 9.59 Å². The molecular formula is C16H17N7O2. The fourth-order valence-corrected chi connectivity index (χ4v) is 2.46. The highest BCUT2D eigenvalue weighted by Gasteiger charge is 2.29. The molecule has 2 amide bonds. The Labute approximate surface area is 143 Å². The smallest absolute Gasteiger partial charge is 0.270 e. The van der Waals surface area contributed by atoms with Gasteiger partial charge in [-0.05, 0) is 26.0 Å². The van der Waals surface area contributed by atoms with Crippen LogP contribution in [0.25, 0.3) is 11.2 Å². The zero-order valence-electron chi connectivity index (χ0n) is 14.1. The number of hydrogen-bond donors (Lipinski definition) is 1. The van der Waals surface area contributed by atoms with Crippen LogP contribution in [0.15, 0.2) is 41.2 Å². The van der Waals surface area contributed by atoms with Gasteiger partial charge in [-0.15, -0.1) is 5.10 Å². The molecule has 0 saturated heterocycles. The van der Waals surface area contributed by atoms with E-state index in [4.69, 9.17) is 0 Å². The number of anilines is 1. The first-order chi connectivity index (χ1) is 12.0. The molecule has 0 bridgehead atoms. The lowest BCUT2D eigenvalue weighted by Crippen LogP contribution is -2.37. The Morgan fingerprint density at radius 3 is 2.80 bits per heavy atom. The van der Waals surface area contributed by atoms with Crippen LogP contribution in [0.3, 0.4) is 0 Å². The average Bonchev–Trinajstić information content (AvgIpc) is 3.15. The van der Waals surface area contributed by atoms with E-state index in [1.807, 2.05) is 6.92 Å². The summed E-state index contributed by atoms with van der Waals surface area (Å²) in [4.78, 5) is 28.5. The molecule has 25 heavy (non-hydrogen) atoms. The molecule has 0 aromatic carbocycles. The van der Waals surface area contributed by atoms with Crippen LogP contribution in [-0.4, -0.2) is 50.2 Å². The molecule has 9 heteroatoms. The quantitative estimate of drug-likeness (QED) is 0.501. The first-order valence-corrected chi connectivity index (χ1v) is 7.52. The SMILES string of the molecule is C=NN(C)/C(=C\C)c1nc(NN2C(=O)C=C(C)C2=O)c2cccn2n1. The predicted molar refractivity (Wildman–Crippen MR) is 93.2 cm³/mol. The summed E-state index contributed by atoms with van der Waals surface area (Å²) >= 11 is 0. The van der Waals surface area contributed by atoms with Crippen LogP contribution in [0.1, 0.15) is 19.7 Å². The van der Waals surface area contributed by atoms with Gasteiger partial charge in [0.05, 0.1) is 0 Å². The largest absolute Gasteiger partial charge is 0.275 e. The van der Waals surface area contributed by atoms with Crippen molar-refractivity contribution in [3.63, 3.8) is 0 Å². The van der Waals surface area contributed by atoms with Crippen molar-refractivity contribution >= 4 is 35.6 Å². The summed E-state index contributed by atoms with van der Waals surface area (Å²) in [5.41, 5.74) is 4.41. The van der Waals surface area contributed by atoms with Gasteiger partial charge in [0.2, 0.25) is 0 Å². The second-order valence-corrected chi connectivity index (χ2v) is 5.38. The number of nitrogens with zero attached hydrogens (tertiary/aromatic N) is 6. The Bertz CT molecular complexity index is 941. The second-order valence-electron chi connectivity index (χ2n) is 5.38. The maximum absolute atomic E-state index is 12.1. The number of rotatable bonds is 5. The Morgan fingerprint density at radius 1 is 1.44 bits per heavy atom. The number of aromatic nitrogens is 3. The van der Waals surface area contributed by atoms with Gasteiger partial charge in [0, 0.05) is 31.6 Å². The van der Waals surface area contributed by atoms with Crippen LogP contribution >= 0.6 is 0 Å². The highest BCUT2D eigenvalue weighted by Crippen LogP contribution is 2.22. The lowest BCUT2D eigenvalue weighted by molar-refractivity contribution is -0.135. The van der Waals surface area contributed by atoms with Crippen molar-refractivity contribution in [1.29, 1.82) is 0 Å². The van der Waals surface area contributed by atoms with Gasteiger partial charge in [-0.25, -0.2) is 9.50 Å². The fourth-order valence-electron chi connectivity index (χ4n) is 2.46. The molecule has 3 rings (SSSR count). The molecule has 0 atom stereocenters. The number of fused-ring (bicyclic) bond motifs is 1. The number of carbonyl (C=O) groups is 2. The van der Waals surface area contributed by atoms with E-state index in [2.05, 4.69) is 27.3 Å². The van der Waals surface area contributed by atoms with Crippen LogP contribution in [0, 0.1) is 0 Å². The van der Waals surface area contributed by atoms with Gasteiger partial charge in [-0.1, -0.05) is 6.08 Å². The molecule has 1 aliphatic heterocycles. The summed E-state index contributed by atoms with van der Waals surface area (Å²) in [6.45, 7) is 6.91. The Kier molecular flexibility index (Phi) is 4.05. The molecule has 0 saturated carbocycles. The third-order valence-corrected chi connectivity index (χ3v) is 3.77. The minimum atomic E-state index is -0.441. The lowest BCUT2D eigenvalue weighted by Gasteiger charge is -2.19. The van der Waals surface area contributed by atoms with E-state index in [-0.39, 0.29) is 0 Å². The standard InChI is InChI=1S/C16H17N7O2/c1-5-11(21(4)17-3)14-18-15(12-7-6-8-22(12)19-14)20-23-13(24)9-10(2)16(23)25/h5-9H,3H2,1-2,4H3,(H,18,19,20)/b11-5-. The van der Waals surface area contributed by atoms with Crippen molar-refractivity contribution in [3.8, 4) is 0 Å². The summed E-state index contributed by atoms with van der Waals surface area (Å²) in [5, 5.41) is 10.7. The average molecular weight is 339 g/mol. The topological polar surface area (TPSA) is 95.2 Å². The normalized spacial score (nSPS) is 14.9. The summed E-state index contributed by atoms with van der Waals surface area (Å²) in [6, 6.07) is 3.57. The first-order valence-electron chi connectivity index (χ1n) is 7.52. The third-order valence-electron chi connectivity index (χ3n) is 3.77. The van der Waals surface area contributed by atoms with Crippen molar-refractivity contribution in [2.45, 2.75) is 13.8 Å². The van der Waals surface area contributed by atoms with E-state index in [0.717, 1.165) is 5.01 Å². The summed E-state index contributed by atoms with van der Waals surface area (Å²) < 4.78 is 1.61. The molecule has 0 aliphatic carbocycles. The van der Waals surface area contributed by atoms with Crippen molar-refractivity contribution in [2.75, 3.05) is 12.5 Å². The number of nitrogens with one attached hydrogen (secondary N) is 1. The molecule has 0 radical (unpaired) electrons. The molecule has 2 aromatic rings. The third kappa shape index (κ3) is 2.75. The van der Waals surface area contributed by atoms with E-state index in [1.165, 1.54) is 11.1 Å². The Hall–Kier alpha value is -3.49. The van der Waals surface area contributed by atoms with Gasteiger partial charge in [-0.3, -0.25) is 20.0 Å². The van der Waals surface area contributed by atoms with E-state index in [1.54, 1.807) is 42.9 Å². The molecule has 0 unspecified atom stereocenters. The molecule has 1 N–H and O–H groups in total. The summed E-state index contributed by atoms with van der Waals surface area (Å²) in [7, 11) is 1.72. The van der Waals surface area contributed by atoms with Gasteiger partial charge >= 0.3 is 0 Å². The number of imide groups is 1. The minimum Gasteiger partial charge on any atom is -0.270 e. The van der Waals surface area contributed by atoms with Gasteiger partial charge in [0.25, 0.3) is 11.8 Å². The van der Waals surface area contributed by atoms with Gasteiger partial charge < -0.3 is 0 Å². The fraction of sp³-hybridized carbons (Fsp3) is 0.188. The molecule has 2 aromatic heterocycles. The highest BCUT2D eigenvalue weighted by atomic mass is 16.2. The highest BCUT2D eigenvalue weighted by molar-refractivity contribution is 6.16. The van der Waals surface area contributed by atoms with Crippen molar-refractivity contribution < 1.29 is 9.59 Å². The van der Waals surface area contributed by atoms with Crippen LogP contribution < -0.4 is 5.43 Å². The Morgan fingerprint density at radius 2 is 2.20 bits per heavy atom. The van der Waals surface area contributed by atoms with Crippen LogP contribution in [0.2, 0.25) is 0 Å². The molecule has 0 fully saturated rings. The van der Waals surface area contributed by atoms with Gasteiger partial charge in [0.1, 0.15) is 11.2 Å². The number of carbonyl (C=O) groups excluding carboxylic acids is 2. The molecule has 0 spiro atoms. The van der Waals surface area contributed by atoms with Crippen molar-refractivity contribution in [3.05, 3.63) is 41.9 Å². The van der Waals surface area contributed by atoms with Gasteiger partial charge in [-0.2, -0.15) is 10.1 Å². The Balaban J connectivity index is 2.06. The molecule has 9 nitrogen and oxygen atoms in total. The minimum absolute atomic E-state index is 0.330. The van der Waals surface area contributed by atoms with Crippen LogP contribution in [0.5, 0.6) is 0 Å². The summed E-state index contributed by atoms with van der Waals surface area (Å²) in [6.07, 6.45) is 4.82. The molecular weight excluding hydrogens is 322 g/mol.